The Labute approximate surface area is 171 Å². The number of rotatable bonds is 4. The van der Waals surface area contributed by atoms with Crippen molar-refractivity contribution < 1.29 is 19.0 Å². The summed E-state index contributed by atoms with van der Waals surface area (Å²) < 4.78 is 20.2. The second-order valence-corrected chi connectivity index (χ2v) is 8.09. The number of ether oxygens (including phenoxy) is 1. The number of hydrogen-bond acceptors (Lipinski definition) is 5. The summed E-state index contributed by atoms with van der Waals surface area (Å²) in [5.41, 5.74) is 2.86. The van der Waals surface area contributed by atoms with Crippen molar-refractivity contribution in [2.24, 2.45) is 0 Å². The van der Waals surface area contributed by atoms with Crippen molar-refractivity contribution in [2.45, 2.75) is 31.1 Å². The van der Waals surface area contributed by atoms with Crippen LogP contribution in [0.2, 0.25) is 0 Å². The molecule has 1 saturated heterocycles. The van der Waals surface area contributed by atoms with Gasteiger partial charge in [0.15, 0.2) is 0 Å². The van der Waals surface area contributed by atoms with Crippen LogP contribution in [0.4, 0.5) is 9.18 Å². The van der Waals surface area contributed by atoms with E-state index in [1.807, 2.05) is 41.8 Å². The number of fused-ring (bicyclic) bond motifs is 2. The molecule has 2 atom stereocenters. The van der Waals surface area contributed by atoms with Crippen molar-refractivity contribution in [1.82, 2.24) is 9.88 Å². The molecule has 7 heteroatoms. The molecule has 1 N–H and O–H groups in total. The summed E-state index contributed by atoms with van der Waals surface area (Å²) in [6.07, 6.45) is 4.26. The van der Waals surface area contributed by atoms with Crippen LogP contribution in [0.5, 0.6) is 0 Å². The third-order valence-corrected chi connectivity index (χ3v) is 6.45. The van der Waals surface area contributed by atoms with Crippen LogP contribution in [0.3, 0.4) is 0 Å². The maximum Gasteiger partial charge on any atom is 0.410 e. The molecule has 1 amide bonds. The first kappa shape index (κ1) is 18.3. The highest BCUT2D eigenvalue weighted by atomic mass is 32.1. The molecule has 1 aromatic heterocycles. The van der Waals surface area contributed by atoms with Gasteiger partial charge in [-0.1, -0.05) is 42.5 Å². The Hall–Kier alpha value is -2.77. The van der Waals surface area contributed by atoms with Gasteiger partial charge in [-0.2, -0.15) is 0 Å². The number of thiazole rings is 1. The van der Waals surface area contributed by atoms with Crippen LogP contribution in [0, 0.1) is 0 Å². The molecule has 2 unspecified atom stereocenters. The van der Waals surface area contributed by atoms with Gasteiger partial charge in [0, 0.05) is 23.1 Å². The molecule has 5 nitrogen and oxygen atoms in total. The van der Waals surface area contributed by atoms with Crippen molar-refractivity contribution in [1.29, 1.82) is 0 Å². The molecule has 5 rings (SSSR count). The van der Waals surface area contributed by atoms with Crippen LogP contribution in [-0.4, -0.2) is 39.3 Å². The number of likely N-dealkylation sites (tertiary alicyclic amines) is 1. The predicted octanol–water partition coefficient (Wildman–Crippen LogP) is 4.24. The number of hydrogen-bond donors (Lipinski definition) is 1. The number of halogens is 1. The Balaban J connectivity index is 1.41. The lowest BCUT2D eigenvalue weighted by Crippen LogP contribution is -2.59. The minimum atomic E-state index is -1.51. The molecule has 2 aliphatic carbocycles. The van der Waals surface area contributed by atoms with Gasteiger partial charge >= 0.3 is 6.09 Å². The number of allylic oxidation sites excluding steroid dienone is 2. The van der Waals surface area contributed by atoms with Crippen LogP contribution >= 0.6 is 11.3 Å². The van der Waals surface area contributed by atoms with Crippen LogP contribution in [0.15, 0.2) is 70.3 Å². The Kier molecular flexibility index (Phi) is 4.37. The first-order chi connectivity index (χ1) is 14.1. The van der Waals surface area contributed by atoms with Crippen molar-refractivity contribution in [3.8, 4) is 0 Å². The maximum atomic E-state index is 14.8. The van der Waals surface area contributed by atoms with E-state index in [2.05, 4.69) is 4.98 Å². The van der Waals surface area contributed by atoms with Gasteiger partial charge in [-0.05, 0) is 24.0 Å². The van der Waals surface area contributed by atoms with Gasteiger partial charge in [0.1, 0.15) is 18.0 Å². The lowest BCUT2D eigenvalue weighted by atomic mass is 9.62. The third-order valence-electron chi connectivity index (χ3n) is 5.82. The van der Waals surface area contributed by atoms with Gasteiger partial charge in [-0.15, -0.1) is 11.3 Å². The van der Waals surface area contributed by atoms with E-state index in [1.54, 1.807) is 11.6 Å². The molecule has 2 aromatic rings. The topological polar surface area (TPSA) is 62.7 Å². The average molecular weight is 410 g/mol. The highest BCUT2D eigenvalue weighted by Crippen LogP contribution is 2.57. The summed E-state index contributed by atoms with van der Waals surface area (Å²) in [4.78, 5) is 18.4. The molecular formula is C22H19FN2O3S. The van der Waals surface area contributed by atoms with E-state index in [9.17, 15) is 14.3 Å². The fraction of sp³-hybridized carbons (Fsp3) is 0.273. The molecular weight excluding hydrogens is 391 g/mol. The van der Waals surface area contributed by atoms with Crippen LogP contribution in [0.25, 0.3) is 5.57 Å². The smallest absolute Gasteiger partial charge is 0.410 e. The molecule has 1 aromatic carbocycles. The summed E-state index contributed by atoms with van der Waals surface area (Å²) in [5.74, 6) is -0.392. The monoisotopic (exact) mass is 410 g/mol. The summed E-state index contributed by atoms with van der Waals surface area (Å²) in [6.45, 7) is 0.550. The number of aromatic nitrogens is 1. The fourth-order valence-corrected chi connectivity index (χ4v) is 5.01. The fourth-order valence-electron chi connectivity index (χ4n) is 4.47. The van der Waals surface area contributed by atoms with Crippen LogP contribution < -0.4 is 0 Å². The van der Waals surface area contributed by atoms with E-state index in [4.69, 9.17) is 4.74 Å². The second kappa shape index (κ2) is 6.93. The van der Waals surface area contributed by atoms with Gasteiger partial charge in [0.25, 0.3) is 0 Å². The van der Waals surface area contributed by atoms with E-state index < -0.39 is 23.6 Å². The van der Waals surface area contributed by atoms with E-state index in [0.717, 1.165) is 12.0 Å². The highest BCUT2D eigenvalue weighted by Gasteiger charge is 2.60. The number of benzene rings is 1. The third kappa shape index (κ3) is 2.76. The molecule has 3 aliphatic rings. The second-order valence-electron chi connectivity index (χ2n) is 7.37. The summed E-state index contributed by atoms with van der Waals surface area (Å²) in [5, 5.41) is 13.4. The standard InChI is InChI=1S/C22H19FN2O3S/c23-20-17-9-8-16(14-5-2-1-3-6-14)19(20)22(17,27)18-7-4-10-25(18)21(26)28-11-15-12-29-13-24-15/h1-3,5-6,8-9,12-13,18,27H,4,7,10-11H2. The summed E-state index contributed by atoms with van der Waals surface area (Å²) in [6, 6.07) is 8.87. The van der Waals surface area contributed by atoms with Gasteiger partial charge in [-0.25, -0.2) is 14.2 Å². The van der Waals surface area contributed by atoms with Crippen molar-refractivity contribution >= 4 is 23.0 Å². The van der Waals surface area contributed by atoms with E-state index >= 15 is 0 Å². The number of carbonyl (C=O) groups is 1. The zero-order valence-electron chi connectivity index (χ0n) is 15.5. The Morgan fingerprint density at radius 3 is 2.90 bits per heavy atom. The number of amides is 1. The number of nitrogens with zero attached hydrogens (tertiary/aromatic N) is 2. The largest absolute Gasteiger partial charge is 0.443 e. The van der Waals surface area contributed by atoms with E-state index in [-0.39, 0.29) is 17.8 Å². The van der Waals surface area contributed by atoms with Gasteiger partial charge in [-0.3, -0.25) is 0 Å². The minimum absolute atomic E-state index is 0.0822. The number of aliphatic hydroxyl groups is 1. The summed E-state index contributed by atoms with van der Waals surface area (Å²) >= 11 is 1.43. The van der Waals surface area contributed by atoms with Crippen molar-refractivity contribution in [3.63, 3.8) is 0 Å². The normalized spacial score (nSPS) is 25.4. The molecule has 2 heterocycles. The van der Waals surface area contributed by atoms with E-state index in [1.165, 1.54) is 16.2 Å². The zero-order chi connectivity index (χ0) is 20.0. The van der Waals surface area contributed by atoms with Crippen LogP contribution in [0.1, 0.15) is 24.1 Å². The molecule has 0 spiro atoms. The van der Waals surface area contributed by atoms with Crippen molar-refractivity contribution in [3.05, 3.63) is 81.6 Å². The Morgan fingerprint density at radius 2 is 2.17 bits per heavy atom. The first-order valence-corrected chi connectivity index (χ1v) is 10.5. The Morgan fingerprint density at radius 1 is 1.34 bits per heavy atom. The molecule has 1 fully saturated rings. The molecule has 2 bridgehead atoms. The lowest BCUT2D eigenvalue weighted by Gasteiger charge is -2.49. The summed E-state index contributed by atoms with van der Waals surface area (Å²) in [7, 11) is 0. The number of carbonyl (C=O) groups excluding carboxylic acids is 1. The van der Waals surface area contributed by atoms with Gasteiger partial charge in [0.05, 0.1) is 17.2 Å². The molecule has 0 saturated carbocycles. The maximum absolute atomic E-state index is 14.8. The molecule has 29 heavy (non-hydrogen) atoms. The molecule has 0 radical (unpaired) electrons. The highest BCUT2D eigenvalue weighted by molar-refractivity contribution is 7.07. The minimum Gasteiger partial charge on any atom is -0.443 e. The molecule has 1 aliphatic heterocycles. The lowest BCUT2D eigenvalue weighted by molar-refractivity contribution is 0.00763. The van der Waals surface area contributed by atoms with Crippen LogP contribution in [-0.2, 0) is 11.3 Å². The Bertz CT molecular complexity index is 1050. The predicted molar refractivity (Wildman–Crippen MR) is 108 cm³/mol. The van der Waals surface area contributed by atoms with Gasteiger partial charge in [0.2, 0.25) is 0 Å². The molecule has 148 valence electrons. The SMILES string of the molecule is O=C(OCc1cscn1)N1CCCC1C1(O)c2ccc(-c3ccccc3)c1c2F. The van der Waals surface area contributed by atoms with Gasteiger partial charge < -0.3 is 14.7 Å². The quantitative estimate of drug-likeness (QED) is 0.819. The first-order valence-electron chi connectivity index (χ1n) is 9.52. The zero-order valence-corrected chi connectivity index (χ0v) is 16.4. The average Bonchev–Trinajstić information content (AvgIpc) is 3.45. The van der Waals surface area contributed by atoms with E-state index in [0.29, 0.717) is 24.2 Å². The van der Waals surface area contributed by atoms with Crippen molar-refractivity contribution in [2.75, 3.05) is 6.54 Å².